The van der Waals surface area contributed by atoms with Gasteiger partial charge in [0, 0.05) is 19.8 Å². The second-order valence-electron chi connectivity index (χ2n) is 3.97. The van der Waals surface area contributed by atoms with Gasteiger partial charge in [0.25, 0.3) is 0 Å². The van der Waals surface area contributed by atoms with Crippen LogP contribution in [0.15, 0.2) is 18.2 Å². The molecule has 0 aliphatic heterocycles. The summed E-state index contributed by atoms with van der Waals surface area (Å²) in [7, 11) is 3.39. The van der Waals surface area contributed by atoms with Crippen molar-refractivity contribution in [2.45, 2.75) is 25.8 Å². The molecule has 0 aromatic heterocycles. The van der Waals surface area contributed by atoms with Gasteiger partial charge in [-0.25, -0.2) is 0 Å². The third kappa shape index (κ3) is 3.51. The van der Waals surface area contributed by atoms with E-state index in [4.69, 9.17) is 15.2 Å². The Labute approximate surface area is 97.6 Å². The zero-order valence-corrected chi connectivity index (χ0v) is 10.3. The number of benzene rings is 1. The van der Waals surface area contributed by atoms with Crippen molar-refractivity contribution in [1.29, 1.82) is 0 Å². The first-order valence-corrected chi connectivity index (χ1v) is 5.58. The van der Waals surface area contributed by atoms with E-state index in [1.165, 1.54) is 0 Å². The van der Waals surface area contributed by atoms with Crippen molar-refractivity contribution < 1.29 is 9.47 Å². The van der Waals surface area contributed by atoms with Crippen LogP contribution in [-0.4, -0.2) is 20.8 Å². The summed E-state index contributed by atoms with van der Waals surface area (Å²) in [5, 5.41) is 0. The fourth-order valence-corrected chi connectivity index (χ4v) is 1.68. The van der Waals surface area contributed by atoms with Gasteiger partial charge in [-0.05, 0) is 37.0 Å². The Morgan fingerprint density at radius 1 is 1.31 bits per heavy atom. The third-order valence-electron chi connectivity index (χ3n) is 2.72. The summed E-state index contributed by atoms with van der Waals surface area (Å²) in [6, 6.07) is 6.19. The van der Waals surface area contributed by atoms with E-state index in [9.17, 15) is 0 Å². The monoisotopic (exact) mass is 223 g/mol. The quantitative estimate of drug-likeness (QED) is 0.753. The summed E-state index contributed by atoms with van der Waals surface area (Å²) in [5.74, 6) is 0.902. The van der Waals surface area contributed by atoms with Crippen molar-refractivity contribution in [2.24, 2.45) is 5.73 Å². The molecule has 0 heterocycles. The Hall–Kier alpha value is -1.06. The average molecular weight is 223 g/mol. The highest BCUT2D eigenvalue weighted by atomic mass is 16.5. The SMILES string of the molecule is COCCCC(N)c1ccc(C)c(OC)c1. The molecule has 1 aromatic rings. The first-order valence-electron chi connectivity index (χ1n) is 5.58. The number of methoxy groups -OCH3 is 2. The Morgan fingerprint density at radius 2 is 2.06 bits per heavy atom. The van der Waals surface area contributed by atoms with Crippen molar-refractivity contribution in [3.05, 3.63) is 29.3 Å². The van der Waals surface area contributed by atoms with E-state index in [2.05, 4.69) is 6.07 Å². The van der Waals surface area contributed by atoms with Crippen LogP contribution in [-0.2, 0) is 4.74 Å². The summed E-state index contributed by atoms with van der Waals surface area (Å²) in [6.07, 6.45) is 1.91. The molecule has 3 nitrogen and oxygen atoms in total. The Bertz CT molecular complexity index is 326. The van der Waals surface area contributed by atoms with E-state index in [1.807, 2.05) is 19.1 Å². The van der Waals surface area contributed by atoms with Gasteiger partial charge in [-0.1, -0.05) is 12.1 Å². The number of ether oxygens (including phenoxy) is 2. The van der Waals surface area contributed by atoms with Crippen LogP contribution in [0.25, 0.3) is 0 Å². The average Bonchev–Trinajstić information content (AvgIpc) is 2.30. The summed E-state index contributed by atoms with van der Waals surface area (Å²) < 4.78 is 10.3. The second kappa shape index (κ2) is 6.51. The van der Waals surface area contributed by atoms with Gasteiger partial charge in [-0.2, -0.15) is 0 Å². The molecule has 0 bridgehead atoms. The van der Waals surface area contributed by atoms with E-state index >= 15 is 0 Å². The van der Waals surface area contributed by atoms with Crippen LogP contribution in [0, 0.1) is 6.92 Å². The first kappa shape index (κ1) is 13.0. The lowest BCUT2D eigenvalue weighted by atomic mass is 10.0. The van der Waals surface area contributed by atoms with Crippen molar-refractivity contribution in [2.75, 3.05) is 20.8 Å². The second-order valence-corrected chi connectivity index (χ2v) is 3.97. The molecule has 90 valence electrons. The van der Waals surface area contributed by atoms with Crippen LogP contribution in [0.4, 0.5) is 0 Å². The summed E-state index contributed by atoms with van der Waals surface area (Å²) in [4.78, 5) is 0. The van der Waals surface area contributed by atoms with Crippen LogP contribution >= 0.6 is 0 Å². The minimum Gasteiger partial charge on any atom is -0.496 e. The topological polar surface area (TPSA) is 44.5 Å². The number of nitrogens with two attached hydrogens (primary N) is 1. The number of hydrogen-bond donors (Lipinski definition) is 1. The summed E-state index contributed by atoms with van der Waals surface area (Å²) >= 11 is 0. The van der Waals surface area contributed by atoms with Crippen molar-refractivity contribution in [1.82, 2.24) is 0 Å². The fourth-order valence-electron chi connectivity index (χ4n) is 1.68. The van der Waals surface area contributed by atoms with E-state index in [-0.39, 0.29) is 6.04 Å². The third-order valence-corrected chi connectivity index (χ3v) is 2.72. The van der Waals surface area contributed by atoms with Crippen molar-refractivity contribution in [3.8, 4) is 5.75 Å². The molecule has 0 spiro atoms. The molecule has 3 heteroatoms. The minimum absolute atomic E-state index is 0.0599. The zero-order chi connectivity index (χ0) is 12.0. The van der Waals surface area contributed by atoms with Gasteiger partial charge in [0.2, 0.25) is 0 Å². The molecule has 16 heavy (non-hydrogen) atoms. The number of hydrogen-bond acceptors (Lipinski definition) is 3. The highest BCUT2D eigenvalue weighted by molar-refractivity contribution is 5.37. The van der Waals surface area contributed by atoms with Gasteiger partial charge in [-0.3, -0.25) is 0 Å². The zero-order valence-electron chi connectivity index (χ0n) is 10.3. The van der Waals surface area contributed by atoms with Gasteiger partial charge >= 0.3 is 0 Å². The Morgan fingerprint density at radius 3 is 2.69 bits per heavy atom. The van der Waals surface area contributed by atoms with Crippen molar-refractivity contribution in [3.63, 3.8) is 0 Å². The predicted octanol–water partition coefficient (Wildman–Crippen LogP) is 2.43. The van der Waals surface area contributed by atoms with Gasteiger partial charge in [-0.15, -0.1) is 0 Å². The van der Waals surface area contributed by atoms with Crippen LogP contribution in [0.2, 0.25) is 0 Å². The molecular formula is C13H21NO2. The van der Waals surface area contributed by atoms with Gasteiger partial charge in [0.1, 0.15) is 5.75 Å². The molecule has 1 unspecified atom stereocenters. The largest absolute Gasteiger partial charge is 0.496 e. The van der Waals surface area contributed by atoms with E-state index in [0.717, 1.165) is 36.3 Å². The van der Waals surface area contributed by atoms with E-state index in [0.29, 0.717) is 0 Å². The molecule has 0 aliphatic rings. The van der Waals surface area contributed by atoms with Crippen LogP contribution in [0.3, 0.4) is 0 Å². The van der Waals surface area contributed by atoms with Gasteiger partial charge in [0.15, 0.2) is 0 Å². The Balaban J connectivity index is 2.64. The normalized spacial score (nSPS) is 12.5. The molecule has 0 aliphatic carbocycles. The lowest BCUT2D eigenvalue weighted by Gasteiger charge is -2.14. The summed E-state index contributed by atoms with van der Waals surface area (Å²) in [5.41, 5.74) is 8.36. The molecule has 0 saturated heterocycles. The maximum absolute atomic E-state index is 6.10. The highest BCUT2D eigenvalue weighted by Crippen LogP contribution is 2.24. The van der Waals surface area contributed by atoms with E-state index in [1.54, 1.807) is 14.2 Å². The molecular weight excluding hydrogens is 202 g/mol. The maximum atomic E-state index is 6.10. The molecule has 1 rings (SSSR count). The van der Waals surface area contributed by atoms with Gasteiger partial charge in [0.05, 0.1) is 7.11 Å². The predicted molar refractivity (Wildman–Crippen MR) is 65.8 cm³/mol. The molecule has 1 aromatic carbocycles. The number of aryl methyl sites for hydroxylation is 1. The van der Waals surface area contributed by atoms with Gasteiger partial charge < -0.3 is 15.2 Å². The standard InChI is InChI=1S/C13H21NO2/c1-10-6-7-11(9-13(10)16-3)12(14)5-4-8-15-2/h6-7,9,12H,4-5,8,14H2,1-3H3. The van der Waals surface area contributed by atoms with Crippen LogP contribution < -0.4 is 10.5 Å². The lowest BCUT2D eigenvalue weighted by molar-refractivity contribution is 0.190. The Kier molecular flexibility index (Phi) is 5.29. The number of rotatable bonds is 6. The highest BCUT2D eigenvalue weighted by Gasteiger charge is 2.08. The molecule has 0 saturated carbocycles. The van der Waals surface area contributed by atoms with Crippen molar-refractivity contribution >= 4 is 0 Å². The van der Waals surface area contributed by atoms with E-state index < -0.39 is 0 Å². The molecule has 0 fully saturated rings. The first-order chi connectivity index (χ1) is 7.69. The van der Waals surface area contributed by atoms with Crippen LogP contribution in [0.5, 0.6) is 5.75 Å². The molecule has 0 radical (unpaired) electrons. The van der Waals surface area contributed by atoms with Crippen LogP contribution in [0.1, 0.15) is 30.0 Å². The minimum atomic E-state index is 0.0599. The molecule has 1 atom stereocenters. The smallest absolute Gasteiger partial charge is 0.122 e. The molecule has 0 amide bonds. The molecule has 2 N–H and O–H groups in total. The summed E-state index contributed by atoms with van der Waals surface area (Å²) in [6.45, 7) is 2.79. The lowest BCUT2D eigenvalue weighted by Crippen LogP contribution is -2.11. The fraction of sp³-hybridized carbons (Fsp3) is 0.538. The maximum Gasteiger partial charge on any atom is 0.122 e.